The van der Waals surface area contributed by atoms with Crippen molar-refractivity contribution in [3.05, 3.63) is 0 Å². The molecule has 1 rings (SSSR count). The number of esters is 3. The molecule has 0 bridgehead atoms. The molecule has 0 aromatic rings. The van der Waals surface area contributed by atoms with Crippen molar-refractivity contribution in [3.8, 4) is 0 Å². The van der Waals surface area contributed by atoms with Crippen LogP contribution in [0.4, 0.5) is 0 Å². The van der Waals surface area contributed by atoms with Gasteiger partial charge < -0.3 is 34.0 Å². The Morgan fingerprint density at radius 3 is 1.20 bits per heavy atom. The van der Waals surface area contributed by atoms with E-state index in [1.165, 1.54) is 39.9 Å². The van der Waals surface area contributed by atoms with E-state index in [2.05, 4.69) is 0 Å². The number of cyclic esters (lactones) is 3. The molecule has 0 saturated carbocycles. The van der Waals surface area contributed by atoms with Crippen molar-refractivity contribution < 1.29 is 48.1 Å². The Labute approximate surface area is 267 Å². The molecule has 13 heteroatoms. The van der Waals surface area contributed by atoms with Gasteiger partial charge in [0.2, 0.25) is 0 Å². The number of aliphatic hydroxyl groups excluding tert-OH is 1. The zero-order valence-corrected chi connectivity index (χ0v) is 29.2. The number of likely N-dealkylation sites (N-methyl/N-ethyl adjacent to an activating group) is 3. The predicted molar refractivity (Wildman–Crippen MR) is 165 cm³/mol. The molecule has 9 atom stereocenters. The van der Waals surface area contributed by atoms with Gasteiger partial charge in [-0.2, -0.15) is 0 Å². The molecule has 1 aliphatic rings. The summed E-state index contributed by atoms with van der Waals surface area (Å²) >= 11 is 0. The molecule has 45 heavy (non-hydrogen) atoms. The number of rotatable bonds is 7. The van der Waals surface area contributed by atoms with Gasteiger partial charge >= 0.3 is 17.9 Å². The first-order chi connectivity index (χ1) is 20.7. The molecule has 1 aliphatic heterocycles. The minimum Gasteiger partial charge on any atom is -0.451 e. The summed E-state index contributed by atoms with van der Waals surface area (Å²) in [6.07, 6.45) is -4.57. The first kappa shape index (κ1) is 39.8. The number of nitrogens with zero attached hydrogens (tertiary/aromatic N) is 3. The Morgan fingerprint density at radius 2 is 0.889 bits per heavy atom. The maximum Gasteiger partial charge on any atom is 0.332 e. The maximum atomic E-state index is 13.9. The molecule has 0 aromatic heterocycles. The van der Waals surface area contributed by atoms with Crippen LogP contribution in [-0.2, 0) is 43.0 Å². The Hall–Kier alpha value is -3.22. The first-order valence-corrected chi connectivity index (χ1v) is 15.8. The number of amides is 3. The Kier molecular flexibility index (Phi) is 15.0. The van der Waals surface area contributed by atoms with E-state index in [9.17, 15) is 33.9 Å². The third-order valence-electron chi connectivity index (χ3n) is 8.67. The molecular formula is C32H55N3O10. The summed E-state index contributed by atoms with van der Waals surface area (Å²) in [4.78, 5) is 85.2. The Bertz CT molecular complexity index is 1080. The highest BCUT2D eigenvalue weighted by atomic mass is 16.6. The van der Waals surface area contributed by atoms with Crippen LogP contribution in [-0.4, -0.2) is 119 Å². The van der Waals surface area contributed by atoms with E-state index in [0.29, 0.717) is 12.8 Å². The standard InChI is InChI=1S/C32H55N3O10/c1-14-18(7)22-30(40)43-21(10)27(37)35(13)24(20(9)36)32(42)45-26(17(5)6)29(39)34(12)23(19(8)15-2)31(41)44-25(16(3)4)28(38)33(22)11/h16-26,36H,14-15H2,1-13H3/t18-,19-,20+,21+,22-,23-,24-,25+,26+/m0/s1. The SMILES string of the molecule is CC[C@H](C)[C@H]1C(=O)O[C@H](C(C)C)C(=O)N(C)[C@@H]([C@@H](C)CC)C(=O)O[C@H](C)C(=O)N(C)[C@@H]([C@@H](C)O)C(=O)O[C@H](C(C)C)C(=O)N1C. The van der Waals surface area contributed by atoms with Gasteiger partial charge in [-0.3, -0.25) is 14.4 Å². The maximum absolute atomic E-state index is 13.9. The van der Waals surface area contributed by atoms with Crippen LogP contribution in [0.1, 0.15) is 82.1 Å². The smallest absolute Gasteiger partial charge is 0.332 e. The molecule has 1 fully saturated rings. The van der Waals surface area contributed by atoms with E-state index < -0.39 is 102 Å². The van der Waals surface area contributed by atoms with Crippen LogP contribution in [0, 0.1) is 23.7 Å². The second kappa shape index (κ2) is 16.9. The second-order valence-corrected chi connectivity index (χ2v) is 13.0. The van der Waals surface area contributed by atoms with Crippen molar-refractivity contribution in [1.82, 2.24) is 14.7 Å². The zero-order valence-electron chi connectivity index (χ0n) is 29.2. The van der Waals surface area contributed by atoms with Gasteiger partial charge in [0.05, 0.1) is 6.10 Å². The monoisotopic (exact) mass is 641 g/mol. The number of hydrogen-bond acceptors (Lipinski definition) is 10. The molecule has 0 aromatic carbocycles. The molecule has 3 amide bonds. The second-order valence-electron chi connectivity index (χ2n) is 13.0. The lowest BCUT2D eigenvalue weighted by Gasteiger charge is -2.38. The van der Waals surface area contributed by atoms with Gasteiger partial charge in [-0.25, -0.2) is 14.4 Å². The molecule has 258 valence electrons. The van der Waals surface area contributed by atoms with Crippen LogP contribution in [0.25, 0.3) is 0 Å². The lowest BCUT2D eigenvalue weighted by molar-refractivity contribution is -0.181. The number of aliphatic hydroxyl groups is 1. The van der Waals surface area contributed by atoms with Gasteiger partial charge in [0.1, 0.15) is 12.1 Å². The van der Waals surface area contributed by atoms with Gasteiger partial charge in [0, 0.05) is 21.1 Å². The topological polar surface area (TPSA) is 160 Å². The van der Waals surface area contributed by atoms with Crippen LogP contribution < -0.4 is 0 Å². The summed E-state index contributed by atoms with van der Waals surface area (Å²) < 4.78 is 17.0. The fraction of sp³-hybridized carbons (Fsp3) is 0.812. The van der Waals surface area contributed by atoms with Gasteiger partial charge in [-0.15, -0.1) is 0 Å². The number of carbonyl (C=O) groups is 6. The van der Waals surface area contributed by atoms with Crippen LogP contribution in [0.5, 0.6) is 0 Å². The fourth-order valence-electron chi connectivity index (χ4n) is 5.40. The molecule has 0 aliphatic carbocycles. The summed E-state index contributed by atoms with van der Waals surface area (Å²) in [5, 5.41) is 10.5. The van der Waals surface area contributed by atoms with Gasteiger partial charge in [0.15, 0.2) is 24.4 Å². The third kappa shape index (κ3) is 9.40. The lowest BCUT2D eigenvalue weighted by Crippen LogP contribution is -2.58. The third-order valence-corrected chi connectivity index (χ3v) is 8.67. The number of ether oxygens (including phenoxy) is 3. The van der Waals surface area contributed by atoms with Crippen molar-refractivity contribution in [2.45, 2.75) is 125 Å². The molecular weight excluding hydrogens is 586 g/mol. The van der Waals surface area contributed by atoms with Gasteiger partial charge in [-0.1, -0.05) is 68.2 Å². The normalized spacial score (nSPS) is 29.2. The van der Waals surface area contributed by atoms with Gasteiger partial charge in [0.25, 0.3) is 17.7 Å². The number of carbonyl (C=O) groups excluding carboxylic acids is 6. The average molecular weight is 642 g/mol. The van der Waals surface area contributed by atoms with Crippen LogP contribution in [0.3, 0.4) is 0 Å². The van der Waals surface area contributed by atoms with Crippen molar-refractivity contribution >= 4 is 35.6 Å². The summed E-state index contributed by atoms with van der Waals surface area (Å²) in [5.41, 5.74) is 0. The van der Waals surface area contributed by atoms with Crippen LogP contribution in [0.15, 0.2) is 0 Å². The van der Waals surface area contributed by atoms with Crippen molar-refractivity contribution in [2.24, 2.45) is 23.7 Å². The van der Waals surface area contributed by atoms with Gasteiger partial charge in [-0.05, 0) is 37.5 Å². The minimum atomic E-state index is -1.55. The summed E-state index contributed by atoms with van der Waals surface area (Å²) in [7, 11) is 4.07. The Balaban J connectivity index is 3.90. The Morgan fingerprint density at radius 1 is 0.578 bits per heavy atom. The van der Waals surface area contributed by atoms with E-state index >= 15 is 0 Å². The summed E-state index contributed by atoms with van der Waals surface area (Å²) in [5.74, 6) is -6.76. The molecule has 13 nitrogen and oxygen atoms in total. The average Bonchev–Trinajstić information content (AvgIpc) is 2.96. The molecule has 0 unspecified atom stereocenters. The first-order valence-electron chi connectivity index (χ1n) is 15.8. The van der Waals surface area contributed by atoms with E-state index in [1.807, 2.05) is 13.8 Å². The quantitative estimate of drug-likeness (QED) is 0.322. The van der Waals surface area contributed by atoms with E-state index in [1.54, 1.807) is 41.5 Å². The highest BCUT2D eigenvalue weighted by Gasteiger charge is 2.45. The van der Waals surface area contributed by atoms with Crippen molar-refractivity contribution in [1.29, 1.82) is 0 Å². The van der Waals surface area contributed by atoms with Crippen molar-refractivity contribution in [3.63, 3.8) is 0 Å². The van der Waals surface area contributed by atoms with E-state index in [-0.39, 0.29) is 0 Å². The van der Waals surface area contributed by atoms with E-state index in [4.69, 9.17) is 14.2 Å². The van der Waals surface area contributed by atoms with Crippen LogP contribution in [0.2, 0.25) is 0 Å². The largest absolute Gasteiger partial charge is 0.451 e. The summed E-state index contributed by atoms with van der Waals surface area (Å²) in [6, 6.07) is -3.83. The molecule has 0 spiro atoms. The highest BCUT2D eigenvalue weighted by molar-refractivity contribution is 5.94. The minimum absolute atomic E-state index is 0.412. The molecule has 1 N–H and O–H groups in total. The fourth-order valence-corrected chi connectivity index (χ4v) is 5.40. The highest BCUT2D eigenvalue weighted by Crippen LogP contribution is 2.25. The molecule has 1 saturated heterocycles. The zero-order chi connectivity index (χ0) is 35.1. The van der Waals surface area contributed by atoms with E-state index in [0.717, 1.165) is 9.80 Å². The lowest BCUT2D eigenvalue weighted by atomic mass is 9.95. The van der Waals surface area contributed by atoms with Crippen LogP contribution >= 0.6 is 0 Å². The summed E-state index contributed by atoms with van der Waals surface area (Å²) in [6.45, 7) is 16.5. The van der Waals surface area contributed by atoms with Crippen molar-refractivity contribution in [2.75, 3.05) is 21.1 Å². The number of hydrogen-bond donors (Lipinski definition) is 1. The molecule has 0 radical (unpaired) electrons. The molecule has 1 heterocycles. The predicted octanol–water partition coefficient (Wildman–Crippen LogP) is 2.02.